The molecule has 18 heavy (non-hydrogen) atoms. The Bertz CT molecular complexity index is 549. The van der Waals surface area contributed by atoms with Gasteiger partial charge in [-0.15, -0.1) is 0 Å². The van der Waals surface area contributed by atoms with Crippen LogP contribution >= 0.6 is 0 Å². The molecule has 0 aliphatic carbocycles. The summed E-state index contributed by atoms with van der Waals surface area (Å²) in [5.74, 6) is -0.286. The summed E-state index contributed by atoms with van der Waals surface area (Å²) < 4.78 is 26.3. The molecule has 2 rings (SSSR count). The van der Waals surface area contributed by atoms with Crippen LogP contribution in [0.4, 0.5) is 8.78 Å². The molecule has 0 spiro atoms. The van der Waals surface area contributed by atoms with E-state index in [1.165, 1.54) is 12.1 Å². The molecule has 0 unspecified atom stereocenters. The number of hydrogen-bond acceptors (Lipinski definition) is 2. The van der Waals surface area contributed by atoms with Crippen molar-refractivity contribution in [3.63, 3.8) is 0 Å². The Kier molecular flexibility index (Phi) is 3.72. The monoisotopic (exact) mass is 251 g/mol. The normalized spacial score (nSPS) is 10.9. The Morgan fingerprint density at radius 1 is 1.33 bits per heavy atom. The van der Waals surface area contributed by atoms with E-state index < -0.39 is 11.6 Å². The van der Waals surface area contributed by atoms with Gasteiger partial charge >= 0.3 is 0 Å². The molecule has 1 heterocycles. The molecule has 2 N–H and O–H groups in total. The van der Waals surface area contributed by atoms with E-state index in [1.54, 1.807) is 0 Å². The lowest BCUT2D eigenvalue weighted by molar-refractivity contribution is 0.574. The molecule has 0 aliphatic rings. The van der Waals surface area contributed by atoms with Crippen molar-refractivity contribution in [3.05, 3.63) is 52.6 Å². The lowest BCUT2D eigenvalue weighted by atomic mass is 10.1. The largest absolute Gasteiger partial charge is 0.345 e. The first-order chi connectivity index (χ1) is 8.60. The van der Waals surface area contributed by atoms with Gasteiger partial charge in [0.25, 0.3) is 0 Å². The minimum Gasteiger partial charge on any atom is -0.345 e. The van der Waals surface area contributed by atoms with E-state index in [4.69, 9.17) is 0 Å². The van der Waals surface area contributed by atoms with Crippen LogP contribution in [0, 0.1) is 18.6 Å². The molecule has 0 amide bonds. The number of aryl methyl sites for hydroxylation is 1. The molecule has 0 saturated carbocycles. The SMILES string of the molecule is CNCc1nc(Cc2ccc(F)cc2F)c(C)[nH]1. The molecular formula is C13H15F2N3. The zero-order chi connectivity index (χ0) is 13.1. The van der Waals surface area contributed by atoms with Crippen molar-refractivity contribution in [1.29, 1.82) is 0 Å². The lowest BCUT2D eigenvalue weighted by Gasteiger charge is -2.01. The number of H-pyrrole nitrogens is 1. The van der Waals surface area contributed by atoms with Crippen molar-refractivity contribution >= 4 is 0 Å². The van der Waals surface area contributed by atoms with Crippen molar-refractivity contribution in [3.8, 4) is 0 Å². The third kappa shape index (κ3) is 2.73. The average Bonchev–Trinajstić information content (AvgIpc) is 2.64. The highest BCUT2D eigenvalue weighted by Gasteiger charge is 2.10. The van der Waals surface area contributed by atoms with Crippen molar-refractivity contribution in [1.82, 2.24) is 15.3 Å². The molecule has 96 valence electrons. The average molecular weight is 251 g/mol. The first kappa shape index (κ1) is 12.7. The highest BCUT2D eigenvalue weighted by atomic mass is 19.1. The first-order valence-electron chi connectivity index (χ1n) is 5.73. The van der Waals surface area contributed by atoms with Crippen LogP contribution in [0.3, 0.4) is 0 Å². The second kappa shape index (κ2) is 5.27. The number of benzene rings is 1. The highest BCUT2D eigenvalue weighted by molar-refractivity contribution is 5.26. The molecular weight excluding hydrogens is 236 g/mol. The van der Waals surface area contributed by atoms with Gasteiger partial charge in [-0.1, -0.05) is 6.07 Å². The van der Waals surface area contributed by atoms with Crippen LogP contribution in [0.5, 0.6) is 0 Å². The summed E-state index contributed by atoms with van der Waals surface area (Å²) in [6.07, 6.45) is 0.359. The van der Waals surface area contributed by atoms with Gasteiger partial charge in [-0.3, -0.25) is 0 Å². The number of aromatic amines is 1. The van der Waals surface area contributed by atoms with Crippen LogP contribution in [0.2, 0.25) is 0 Å². The van der Waals surface area contributed by atoms with E-state index in [9.17, 15) is 8.78 Å². The Morgan fingerprint density at radius 3 is 2.78 bits per heavy atom. The van der Waals surface area contributed by atoms with Gasteiger partial charge in [-0.2, -0.15) is 0 Å². The molecule has 0 bridgehead atoms. The summed E-state index contributed by atoms with van der Waals surface area (Å²) in [4.78, 5) is 7.51. The second-order valence-corrected chi connectivity index (χ2v) is 4.20. The van der Waals surface area contributed by atoms with Crippen LogP contribution in [0.15, 0.2) is 18.2 Å². The van der Waals surface area contributed by atoms with Gasteiger partial charge in [0.15, 0.2) is 0 Å². The van der Waals surface area contributed by atoms with Gasteiger partial charge in [0.2, 0.25) is 0 Å². The van der Waals surface area contributed by atoms with Crippen LogP contribution in [-0.2, 0) is 13.0 Å². The van der Waals surface area contributed by atoms with Crippen LogP contribution < -0.4 is 5.32 Å². The lowest BCUT2D eigenvalue weighted by Crippen LogP contribution is -2.06. The molecule has 1 aromatic carbocycles. The van der Waals surface area contributed by atoms with E-state index in [-0.39, 0.29) is 0 Å². The molecule has 0 aliphatic heterocycles. The van der Waals surface area contributed by atoms with Gasteiger partial charge in [0.1, 0.15) is 17.5 Å². The number of imidazole rings is 1. The molecule has 0 fully saturated rings. The van der Waals surface area contributed by atoms with Crippen molar-refractivity contribution in [2.24, 2.45) is 0 Å². The number of hydrogen-bond donors (Lipinski definition) is 2. The summed E-state index contributed by atoms with van der Waals surface area (Å²) in [5, 5.41) is 2.99. The fraction of sp³-hybridized carbons (Fsp3) is 0.308. The number of nitrogens with one attached hydrogen (secondary N) is 2. The molecule has 0 saturated heterocycles. The molecule has 3 nitrogen and oxygen atoms in total. The maximum Gasteiger partial charge on any atom is 0.129 e. The topological polar surface area (TPSA) is 40.7 Å². The third-order valence-electron chi connectivity index (χ3n) is 2.75. The van der Waals surface area contributed by atoms with E-state index in [2.05, 4.69) is 15.3 Å². The summed E-state index contributed by atoms with van der Waals surface area (Å²) in [6.45, 7) is 2.52. The minimum atomic E-state index is -0.564. The quantitative estimate of drug-likeness (QED) is 0.875. The standard InChI is InChI=1S/C13H15F2N3/c1-8-12(18-13(17-8)7-16-2)5-9-3-4-10(14)6-11(9)15/h3-4,6,16H,5,7H2,1-2H3,(H,17,18). The number of rotatable bonds is 4. The van der Waals surface area contributed by atoms with E-state index >= 15 is 0 Å². The maximum atomic E-state index is 13.5. The van der Waals surface area contributed by atoms with Crippen LogP contribution in [0.1, 0.15) is 22.8 Å². The van der Waals surface area contributed by atoms with Gasteiger partial charge in [0.05, 0.1) is 12.2 Å². The van der Waals surface area contributed by atoms with Gasteiger partial charge < -0.3 is 10.3 Å². The minimum absolute atomic E-state index is 0.359. The van der Waals surface area contributed by atoms with Crippen molar-refractivity contribution < 1.29 is 8.78 Å². The molecule has 0 atom stereocenters. The predicted octanol–water partition coefficient (Wildman–Crippen LogP) is 2.31. The van der Waals surface area contributed by atoms with Gasteiger partial charge in [0, 0.05) is 18.2 Å². The molecule has 2 aromatic rings. The number of nitrogens with zero attached hydrogens (tertiary/aromatic N) is 1. The fourth-order valence-corrected chi connectivity index (χ4v) is 1.83. The summed E-state index contributed by atoms with van der Waals surface area (Å²) in [7, 11) is 1.83. The zero-order valence-electron chi connectivity index (χ0n) is 10.3. The number of aromatic nitrogens is 2. The molecule has 0 radical (unpaired) electrons. The summed E-state index contributed by atoms with van der Waals surface area (Å²) in [5.41, 5.74) is 2.14. The number of halogens is 2. The van der Waals surface area contributed by atoms with Crippen LogP contribution in [-0.4, -0.2) is 17.0 Å². The first-order valence-corrected chi connectivity index (χ1v) is 5.73. The van der Waals surface area contributed by atoms with Crippen molar-refractivity contribution in [2.45, 2.75) is 19.9 Å². The fourth-order valence-electron chi connectivity index (χ4n) is 1.83. The van der Waals surface area contributed by atoms with Crippen molar-refractivity contribution in [2.75, 3.05) is 7.05 Å². The maximum absolute atomic E-state index is 13.5. The third-order valence-corrected chi connectivity index (χ3v) is 2.75. The summed E-state index contributed by atoms with van der Waals surface area (Å²) >= 11 is 0. The van der Waals surface area contributed by atoms with E-state index in [1.807, 2.05) is 14.0 Å². The highest BCUT2D eigenvalue weighted by Crippen LogP contribution is 2.16. The van der Waals surface area contributed by atoms with Gasteiger partial charge in [-0.25, -0.2) is 13.8 Å². The smallest absolute Gasteiger partial charge is 0.129 e. The Morgan fingerprint density at radius 2 is 2.11 bits per heavy atom. The van der Waals surface area contributed by atoms with Crippen LogP contribution in [0.25, 0.3) is 0 Å². The second-order valence-electron chi connectivity index (χ2n) is 4.20. The molecule has 1 aromatic heterocycles. The predicted molar refractivity (Wildman–Crippen MR) is 65.3 cm³/mol. The summed E-state index contributed by atoms with van der Waals surface area (Å²) in [6, 6.07) is 3.61. The Balaban J connectivity index is 2.22. The van der Waals surface area contributed by atoms with E-state index in [0.29, 0.717) is 18.5 Å². The Hall–Kier alpha value is -1.75. The zero-order valence-corrected chi connectivity index (χ0v) is 10.3. The van der Waals surface area contributed by atoms with Gasteiger partial charge in [-0.05, 0) is 25.6 Å². The molecule has 5 heteroatoms. The Labute approximate surface area is 104 Å². The van der Waals surface area contributed by atoms with E-state index in [0.717, 1.165) is 23.3 Å².